The molecule has 1 aliphatic rings. The number of aryl methyl sites for hydroxylation is 2. The van der Waals surface area contributed by atoms with Crippen molar-refractivity contribution in [1.82, 2.24) is 18.6 Å². The SMILES string of the molecule is Cc1cc(Oc2ccccc2C)nc(C2CCCN2S(=O)(=O)N(C)C)n1. The molecule has 0 saturated carbocycles. The minimum Gasteiger partial charge on any atom is -0.439 e. The van der Waals surface area contributed by atoms with Gasteiger partial charge in [0, 0.05) is 32.4 Å². The van der Waals surface area contributed by atoms with Gasteiger partial charge in [0.15, 0.2) is 5.82 Å². The Morgan fingerprint density at radius 3 is 2.62 bits per heavy atom. The highest BCUT2D eigenvalue weighted by Crippen LogP contribution is 2.34. The maximum absolute atomic E-state index is 12.6. The van der Waals surface area contributed by atoms with Crippen molar-refractivity contribution in [1.29, 1.82) is 0 Å². The molecular weight excluding hydrogens is 352 g/mol. The molecule has 2 heterocycles. The second-order valence-corrected chi connectivity index (χ2v) is 8.73. The predicted molar refractivity (Wildman–Crippen MR) is 99.3 cm³/mol. The van der Waals surface area contributed by atoms with Gasteiger partial charge < -0.3 is 4.74 Å². The summed E-state index contributed by atoms with van der Waals surface area (Å²) in [5.74, 6) is 1.63. The standard InChI is InChI=1S/C18H24N4O3S/c1-13-8-5-6-10-16(13)25-17-12-14(2)19-18(20-17)15-9-7-11-22(15)26(23,24)21(3)4/h5-6,8,10,12,15H,7,9,11H2,1-4H3. The fraction of sp³-hybridized carbons (Fsp3) is 0.444. The van der Waals surface area contributed by atoms with Gasteiger partial charge >= 0.3 is 0 Å². The van der Waals surface area contributed by atoms with Crippen molar-refractivity contribution >= 4 is 10.2 Å². The molecule has 1 aromatic carbocycles. The number of ether oxygens (including phenoxy) is 1. The Labute approximate surface area is 154 Å². The molecule has 1 aliphatic heterocycles. The van der Waals surface area contributed by atoms with Gasteiger partial charge in [-0.1, -0.05) is 18.2 Å². The molecule has 8 heteroatoms. The van der Waals surface area contributed by atoms with Gasteiger partial charge in [0.05, 0.1) is 6.04 Å². The largest absolute Gasteiger partial charge is 0.439 e. The van der Waals surface area contributed by atoms with Gasteiger partial charge in [0.1, 0.15) is 5.75 Å². The van der Waals surface area contributed by atoms with Gasteiger partial charge in [-0.15, -0.1) is 0 Å². The normalized spacial score (nSPS) is 18.4. The smallest absolute Gasteiger partial charge is 0.282 e. The summed E-state index contributed by atoms with van der Waals surface area (Å²) >= 11 is 0. The van der Waals surface area contributed by atoms with Crippen LogP contribution in [0.3, 0.4) is 0 Å². The fourth-order valence-electron chi connectivity index (χ4n) is 3.03. The van der Waals surface area contributed by atoms with Crippen molar-refractivity contribution in [3.8, 4) is 11.6 Å². The number of rotatable bonds is 5. The van der Waals surface area contributed by atoms with E-state index in [0.717, 1.165) is 23.4 Å². The highest BCUT2D eigenvalue weighted by molar-refractivity contribution is 7.86. The maximum atomic E-state index is 12.6. The van der Waals surface area contributed by atoms with E-state index in [4.69, 9.17) is 4.74 Å². The van der Waals surface area contributed by atoms with E-state index in [2.05, 4.69) is 9.97 Å². The van der Waals surface area contributed by atoms with Gasteiger partial charge in [-0.3, -0.25) is 0 Å². The van der Waals surface area contributed by atoms with E-state index in [1.54, 1.807) is 6.07 Å². The van der Waals surface area contributed by atoms with Crippen molar-refractivity contribution in [3.63, 3.8) is 0 Å². The van der Waals surface area contributed by atoms with Crippen molar-refractivity contribution in [3.05, 3.63) is 47.4 Å². The third-order valence-electron chi connectivity index (χ3n) is 4.42. The molecule has 0 N–H and O–H groups in total. The Kier molecular flexibility index (Phi) is 5.27. The summed E-state index contributed by atoms with van der Waals surface area (Å²) in [5, 5.41) is 0. The van der Waals surface area contributed by atoms with E-state index in [9.17, 15) is 8.42 Å². The first-order valence-electron chi connectivity index (χ1n) is 8.57. The molecule has 26 heavy (non-hydrogen) atoms. The van der Waals surface area contributed by atoms with E-state index in [1.165, 1.54) is 22.7 Å². The molecule has 1 saturated heterocycles. The predicted octanol–water partition coefficient (Wildman–Crippen LogP) is 2.83. The highest BCUT2D eigenvalue weighted by atomic mass is 32.2. The number of hydrogen-bond donors (Lipinski definition) is 0. The monoisotopic (exact) mass is 376 g/mol. The van der Waals surface area contributed by atoms with Crippen molar-refractivity contribution in [2.24, 2.45) is 0 Å². The average Bonchev–Trinajstić information content (AvgIpc) is 3.07. The summed E-state index contributed by atoms with van der Waals surface area (Å²) < 4.78 is 33.8. The second kappa shape index (κ2) is 7.30. The molecule has 1 aromatic heterocycles. The number of hydrogen-bond acceptors (Lipinski definition) is 5. The van der Waals surface area contributed by atoms with Gasteiger partial charge in [-0.25, -0.2) is 4.98 Å². The van der Waals surface area contributed by atoms with Crippen LogP contribution in [-0.4, -0.2) is 47.6 Å². The molecular formula is C18H24N4O3S. The summed E-state index contributed by atoms with van der Waals surface area (Å²) in [6, 6.07) is 9.08. The van der Waals surface area contributed by atoms with E-state index >= 15 is 0 Å². The van der Waals surface area contributed by atoms with Crippen LogP contribution in [0.2, 0.25) is 0 Å². The lowest BCUT2D eigenvalue weighted by atomic mass is 10.2. The Bertz CT molecular complexity index is 899. The molecule has 0 bridgehead atoms. The summed E-state index contributed by atoms with van der Waals surface area (Å²) in [7, 11) is -0.447. The maximum Gasteiger partial charge on any atom is 0.282 e. The summed E-state index contributed by atoms with van der Waals surface area (Å²) in [5.41, 5.74) is 1.75. The number of para-hydroxylation sites is 1. The minimum atomic E-state index is -3.52. The zero-order chi connectivity index (χ0) is 18.9. The van der Waals surface area contributed by atoms with Crippen LogP contribution in [0, 0.1) is 13.8 Å². The summed E-state index contributed by atoms with van der Waals surface area (Å²) in [4.78, 5) is 9.00. The van der Waals surface area contributed by atoms with Crippen molar-refractivity contribution in [2.75, 3.05) is 20.6 Å². The topological polar surface area (TPSA) is 75.6 Å². The molecule has 140 valence electrons. The van der Waals surface area contributed by atoms with E-state index in [1.807, 2.05) is 38.1 Å². The fourth-order valence-corrected chi connectivity index (χ4v) is 4.33. The first-order chi connectivity index (χ1) is 12.3. The zero-order valence-electron chi connectivity index (χ0n) is 15.5. The van der Waals surface area contributed by atoms with Crippen LogP contribution >= 0.6 is 0 Å². The average molecular weight is 376 g/mol. The van der Waals surface area contributed by atoms with Gasteiger partial charge in [-0.05, 0) is 38.3 Å². The van der Waals surface area contributed by atoms with Gasteiger partial charge in [0.2, 0.25) is 5.88 Å². The van der Waals surface area contributed by atoms with E-state index in [0.29, 0.717) is 24.7 Å². The Balaban J connectivity index is 1.94. The van der Waals surface area contributed by atoms with Crippen molar-refractivity contribution < 1.29 is 13.2 Å². The first-order valence-corrected chi connectivity index (χ1v) is 9.97. The Hall–Kier alpha value is -2.03. The zero-order valence-corrected chi connectivity index (χ0v) is 16.3. The van der Waals surface area contributed by atoms with E-state index in [-0.39, 0.29) is 6.04 Å². The summed E-state index contributed by atoms with van der Waals surface area (Å²) in [6.07, 6.45) is 1.48. The van der Waals surface area contributed by atoms with Gasteiger partial charge in [0.25, 0.3) is 10.2 Å². The highest BCUT2D eigenvalue weighted by Gasteiger charge is 2.38. The molecule has 0 amide bonds. The van der Waals surface area contributed by atoms with Crippen LogP contribution in [0.25, 0.3) is 0 Å². The number of aromatic nitrogens is 2. The van der Waals surface area contributed by atoms with E-state index < -0.39 is 10.2 Å². The Morgan fingerprint density at radius 1 is 1.19 bits per heavy atom. The molecule has 0 spiro atoms. The van der Waals surface area contributed by atoms with Crippen LogP contribution in [0.15, 0.2) is 30.3 Å². The third kappa shape index (κ3) is 3.72. The van der Waals surface area contributed by atoms with Crippen LogP contribution in [0.4, 0.5) is 0 Å². The first kappa shape index (κ1) is 18.8. The summed E-state index contributed by atoms with van der Waals surface area (Å²) in [6.45, 7) is 4.29. The lowest BCUT2D eigenvalue weighted by Crippen LogP contribution is -2.40. The van der Waals surface area contributed by atoms with Crippen LogP contribution < -0.4 is 4.74 Å². The number of benzene rings is 1. The molecule has 1 atom stereocenters. The van der Waals surface area contributed by atoms with Crippen LogP contribution in [0.5, 0.6) is 11.6 Å². The van der Waals surface area contributed by atoms with Gasteiger partial charge in [-0.2, -0.15) is 22.0 Å². The molecule has 3 rings (SSSR count). The minimum absolute atomic E-state index is 0.374. The lowest BCUT2D eigenvalue weighted by Gasteiger charge is -2.26. The lowest BCUT2D eigenvalue weighted by molar-refractivity contribution is 0.348. The molecule has 1 fully saturated rings. The molecule has 2 aromatic rings. The van der Waals surface area contributed by atoms with Crippen LogP contribution in [-0.2, 0) is 10.2 Å². The molecule has 0 radical (unpaired) electrons. The second-order valence-electron chi connectivity index (χ2n) is 6.63. The quantitative estimate of drug-likeness (QED) is 0.802. The molecule has 0 aliphatic carbocycles. The third-order valence-corrected chi connectivity index (χ3v) is 6.37. The molecule has 7 nitrogen and oxygen atoms in total. The van der Waals surface area contributed by atoms with Crippen LogP contribution in [0.1, 0.15) is 36.0 Å². The Morgan fingerprint density at radius 2 is 1.92 bits per heavy atom. The number of nitrogens with zero attached hydrogens (tertiary/aromatic N) is 4. The molecule has 1 unspecified atom stereocenters. The van der Waals surface area contributed by atoms with Crippen molar-refractivity contribution in [2.45, 2.75) is 32.7 Å².